The second kappa shape index (κ2) is 6.59. The maximum Gasteiger partial charge on any atom is 0.226 e. The smallest absolute Gasteiger partial charge is 0.226 e. The molecule has 1 N–H and O–H groups in total. The lowest BCUT2D eigenvalue weighted by atomic mass is 10.1. The lowest BCUT2D eigenvalue weighted by Crippen LogP contribution is -2.43. The molecule has 0 radical (unpaired) electrons. The topological polar surface area (TPSA) is 88.9 Å². The molecule has 134 valence electrons. The van der Waals surface area contributed by atoms with Crippen molar-refractivity contribution in [2.45, 2.75) is 38.2 Å². The Balaban J connectivity index is 1.38. The maximum absolute atomic E-state index is 12.8. The predicted molar refractivity (Wildman–Crippen MR) is 89.7 cm³/mol. The van der Waals surface area contributed by atoms with Gasteiger partial charge in [-0.2, -0.15) is 10.2 Å². The Morgan fingerprint density at radius 1 is 1.48 bits per heavy atom. The zero-order valence-electron chi connectivity index (χ0n) is 14.7. The van der Waals surface area contributed by atoms with E-state index in [1.165, 1.54) is 0 Å². The number of nitrogens with one attached hydrogen (secondary N) is 1. The van der Waals surface area contributed by atoms with Crippen molar-refractivity contribution < 1.29 is 9.53 Å². The molecule has 0 spiro atoms. The van der Waals surface area contributed by atoms with E-state index in [4.69, 9.17) is 4.74 Å². The number of nitrogens with zero attached hydrogens (tertiary/aromatic N) is 5. The van der Waals surface area contributed by atoms with Gasteiger partial charge in [0.1, 0.15) is 11.9 Å². The molecule has 8 heteroatoms. The third kappa shape index (κ3) is 3.30. The molecule has 3 atom stereocenters. The highest BCUT2D eigenvalue weighted by molar-refractivity contribution is 5.83. The number of hydrogen-bond donors (Lipinski definition) is 1. The van der Waals surface area contributed by atoms with E-state index in [0.29, 0.717) is 31.4 Å². The molecule has 4 rings (SSSR count). The fourth-order valence-corrected chi connectivity index (χ4v) is 3.51. The minimum absolute atomic E-state index is 0.0748. The van der Waals surface area contributed by atoms with Crippen LogP contribution in [0.25, 0.3) is 0 Å². The third-order valence-corrected chi connectivity index (χ3v) is 4.96. The second-order valence-corrected chi connectivity index (χ2v) is 6.93. The van der Waals surface area contributed by atoms with Crippen LogP contribution in [0.2, 0.25) is 0 Å². The first kappa shape index (κ1) is 16.3. The van der Waals surface area contributed by atoms with Crippen molar-refractivity contribution in [3.8, 4) is 0 Å². The molecular weight excluding hydrogens is 320 g/mol. The largest absolute Gasteiger partial charge is 0.366 e. The summed E-state index contributed by atoms with van der Waals surface area (Å²) in [5.74, 6) is 2.13. The predicted octanol–water partition coefficient (Wildman–Crippen LogP) is 1.19. The molecule has 3 heterocycles. The fourth-order valence-electron chi connectivity index (χ4n) is 3.51. The first-order valence-corrected chi connectivity index (χ1v) is 8.95. The Bertz CT molecular complexity index is 754. The monoisotopic (exact) mass is 344 g/mol. The Hall–Kier alpha value is -2.22. The number of rotatable bonds is 5. The molecule has 2 fully saturated rings. The Kier molecular flexibility index (Phi) is 4.29. The van der Waals surface area contributed by atoms with E-state index in [9.17, 15) is 4.79 Å². The summed E-state index contributed by atoms with van der Waals surface area (Å²) in [5.41, 5.74) is 1.16. The standard InChI is InChI=1S/C17H24N6O2/c1-3-4-15-19-16(21-20-15)14-10-23(5-6-25-14)17(24)13-7-12(13)11-8-18-22(2)9-11/h8-9,12-14H,3-7,10H2,1-2H3,(H,19,20,21)/t12-,13+,14-/m0/s1. The first-order chi connectivity index (χ1) is 12.2. The summed E-state index contributed by atoms with van der Waals surface area (Å²) in [6, 6.07) is 0. The van der Waals surface area contributed by atoms with Gasteiger partial charge >= 0.3 is 0 Å². The summed E-state index contributed by atoms with van der Waals surface area (Å²) in [6.45, 7) is 3.79. The van der Waals surface area contributed by atoms with Crippen LogP contribution in [0.4, 0.5) is 0 Å². The molecular formula is C17H24N6O2. The van der Waals surface area contributed by atoms with Gasteiger partial charge in [0.25, 0.3) is 0 Å². The molecule has 25 heavy (non-hydrogen) atoms. The van der Waals surface area contributed by atoms with Gasteiger partial charge < -0.3 is 9.64 Å². The van der Waals surface area contributed by atoms with Gasteiger partial charge in [0.2, 0.25) is 5.91 Å². The van der Waals surface area contributed by atoms with Crippen LogP contribution in [0.1, 0.15) is 49.0 Å². The van der Waals surface area contributed by atoms with Crippen molar-refractivity contribution in [1.29, 1.82) is 0 Å². The zero-order chi connectivity index (χ0) is 17.4. The van der Waals surface area contributed by atoms with Crippen LogP contribution in [0.3, 0.4) is 0 Å². The summed E-state index contributed by atoms with van der Waals surface area (Å²) in [4.78, 5) is 19.2. The highest BCUT2D eigenvalue weighted by Crippen LogP contribution is 2.48. The van der Waals surface area contributed by atoms with Gasteiger partial charge in [0.05, 0.1) is 19.3 Å². The summed E-state index contributed by atoms with van der Waals surface area (Å²) in [5, 5.41) is 11.4. The van der Waals surface area contributed by atoms with E-state index < -0.39 is 0 Å². The number of ether oxygens (including phenoxy) is 1. The van der Waals surface area contributed by atoms with Crippen LogP contribution in [0.15, 0.2) is 12.4 Å². The number of morpholine rings is 1. The third-order valence-electron chi connectivity index (χ3n) is 4.96. The molecule has 1 aliphatic heterocycles. The van der Waals surface area contributed by atoms with E-state index in [-0.39, 0.29) is 17.9 Å². The minimum Gasteiger partial charge on any atom is -0.366 e. The van der Waals surface area contributed by atoms with Crippen molar-refractivity contribution in [2.75, 3.05) is 19.7 Å². The molecule has 2 aromatic rings. The summed E-state index contributed by atoms with van der Waals surface area (Å²) in [6.07, 6.45) is 6.43. The number of carbonyl (C=O) groups excluding carboxylic acids is 1. The van der Waals surface area contributed by atoms with Crippen LogP contribution in [-0.2, 0) is 23.0 Å². The molecule has 0 unspecified atom stereocenters. The number of aromatic amines is 1. The van der Waals surface area contributed by atoms with Gasteiger partial charge in [-0.3, -0.25) is 14.6 Å². The number of aryl methyl sites for hydroxylation is 2. The van der Waals surface area contributed by atoms with E-state index in [1.54, 1.807) is 4.68 Å². The number of amides is 1. The van der Waals surface area contributed by atoms with Gasteiger partial charge in [0.15, 0.2) is 5.82 Å². The molecule has 2 aromatic heterocycles. The van der Waals surface area contributed by atoms with Crippen molar-refractivity contribution in [3.05, 3.63) is 29.6 Å². The van der Waals surface area contributed by atoms with E-state index >= 15 is 0 Å². The molecule has 1 amide bonds. The van der Waals surface area contributed by atoms with E-state index in [1.807, 2.05) is 24.3 Å². The normalized spacial score (nSPS) is 26.0. The number of carbonyl (C=O) groups is 1. The fraction of sp³-hybridized carbons (Fsp3) is 0.647. The lowest BCUT2D eigenvalue weighted by molar-refractivity contribution is -0.140. The van der Waals surface area contributed by atoms with Crippen molar-refractivity contribution >= 4 is 5.91 Å². The van der Waals surface area contributed by atoms with Gasteiger partial charge in [-0.05, 0) is 24.3 Å². The average Bonchev–Trinajstić information content (AvgIpc) is 3.07. The number of H-pyrrole nitrogens is 1. The Morgan fingerprint density at radius 3 is 3.12 bits per heavy atom. The van der Waals surface area contributed by atoms with Crippen molar-refractivity contribution in [3.63, 3.8) is 0 Å². The average molecular weight is 344 g/mol. The van der Waals surface area contributed by atoms with Crippen LogP contribution in [0.5, 0.6) is 0 Å². The molecule has 1 aliphatic carbocycles. The summed E-state index contributed by atoms with van der Waals surface area (Å²) in [7, 11) is 1.90. The van der Waals surface area contributed by atoms with Crippen LogP contribution in [0, 0.1) is 5.92 Å². The Labute approximate surface area is 146 Å². The molecule has 0 bridgehead atoms. The highest BCUT2D eigenvalue weighted by Gasteiger charge is 2.47. The van der Waals surface area contributed by atoms with E-state index in [0.717, 1.165) is 30.7 Å². The van der Waals surface area contributed by atoms with Crippen molar-refractivity contribution in [1.82, 2.24) is 29.9 Å². The zero-order valence-corrected chi connectivity index (χ0v) is 14.7. The van der Waals surface area contributed by atoms with E-state index in [2.05, 4.69) is 27.2 Å². The minimum atomic E-state index is -0.241. The first-order valence-electron chi connectivity index (χ1n) is 8.95. The van der Waals surface area contributed by atoms with Crippen LogP contribution in [-0.4, -0.2) is 55.5 Å². The highest BCUT2D eigenvalue weighted by atomic mass is 16.5. The maximum atomic E-state index is 12.8. The SMILES string of the molecule is CCCc1nc([C@@H]2CN(C(=O)[C@@H]3C[C@H]3c3cnn(C)c3)CCO2)n[nH]1. The Morgan fingerprint density at radius 2 is 2.36 bits per heavy atom. The van der Waals surface area contributed by atoms with Gasteiger partial charge in [-0.1, -0.05) is 6.92 Å². The van der Waals surface area contributed by atoms with Crippen LogP contribution >= 0.6 is 0 Å². The molecule has 8 nitrogen and oxygen atoms in total. The van der Waals surface area contributed by atoms with Crippen molar-refractivity contribution in [2.24, 2.45) is 13.0 Å². The lowest BCUT2D eigenvalue weighted by Gasteiger charge is -2.31. The number of aromatic nitrogens is 5. The molecule has 1 saturated carbocycles. The molecule has 2 aliphatic rings. The molecule has 1 saturated heterocycles. The summed E-state index contributed by atoms with van der Waals surface area (Å²) < 4.78 is 7.59. The van der Waals surface area contributed by atoms with Crippen LogP contribution < -0.4 is 0 Å². The van der Waals surface area contributed by atoms with Gasteiger partial charge in [-0.15, -0.1) is 0 Å². The number of hydrogen-bond acceptors (Lipinski definition) is 5. The second-order valence-electron chi connectivity index (χ2n) is 6.93. The molecule has 0 aromatic carbocycles. The quantitative estimate of drug-likeness (QED) is 0.880. The summed E-state index contributed by atoms with van der Waals surface area (Å²) >= 11 is 0. The van der Waals surface area contributed by atoms with Gasteiger partial charge in [0, 0.05) is 32.1 Å². The van der Waals surface area contributed by atoms with Gasteiger partial charge in [-0.25, -0.2) is 4.98 Å².